The zero-order valence-corrected chi connectivity index (χ0v) is 20.2. The third-order valence-electron chi connectivity index (χ3n) is 4.15. The maximum Gasteiger partial charge on any atom is 0.326 e. The normalized spacial score (nSPS) is 11.5. The van der Waals surface area contributed by atoms with E-state index in [9.17, 15) is 18.8 Å². The second-order valence-corrected chi connectivity index (χ2v) is 8.73. The van der Waals surface area contributed by atoms with E-state index in [1.165, 1.54) is 12.1 Å². The first-order valence-electron chi connectivity index (χ1n) is 9.56. The number of carbonyl (C=O) groups excluding carboxylic acids is 3. The topological polar surface area (TPSA) is 72.9 Å². The number of hydrogen-bond acceptors (Lipinski definition) is 5. The largest absolute Gasteiger partial charge is 0.465 e. The molecule has 9 heteroatoms. The van der Waals surface area contributed by atoms with Crippen LogP contribution in [0.25, 0.3) is 0 Å². The van der Waals surface area contributed by atoms with E-state index in [1.807, 2.05) is 0 Å². The summed E-state index contributed by atoms with van der Waals surface area (Å²) in [5.41, 5.74) is 1.08. The van der Waals surface area contributed by atoms with Gasteiger partial charge >= 0.3 is 11.9 Å². The van der Waals surface area contributed by atoms with Crippen LogP contribution in [0.1, 0.15) is 36.2 Å². The zero-order chi connectivity index (χ0) is 23.0. The molecule has 166 valence electrons. The number of aryl methyl sites for hydroxylation is 1. The SMILES string of the molecule is CCOC(=O)CN(C(=O)c1ccc(CCC(=O)OC(C)Br)cc1)c1ccc(Br)cc1F. The predicted octanol–water partition coefficient (Wildman–Crippen LogP) is 5.01. The molecule has 31 heavy (non-hydrogen) atoms. The lowest BCUT2D eigenvalue weighted by atomic mass is 10.1. The lowest BCUT2D eigenvalue weighted by Crippen LogP contribution is -2.37. The number of rotatable bonds is 9. The van der Waals surface area contributed by atoms with Gasteiger partial charge in [0, 0.05) is 16.5 Å². The number of benzene rings is 2. The third kappa shape index (κ3) is 7.74. The van der Waals surface area contributed by atoms with Crippen molar-refractivity contribution in [2.24, 2.45) is 0 Å². The molecule has 0 N–H and O–H groups in total. The van der Waals surface area contributed by atoms with Crippen molar-refractivity contribution in [3.8, 4) is 0 Å². The molecule has 0 saturated carbocycles. The van der Waals surface area contributed by atoms with Gasteiger partial charge in [-0.25, -0.2) is 4.39 Å². The minimum Gasteiger partial charge on any atom is -0.465 e. The molecule has 0 aliphatic carbocycles. The standard InChI is InChI=1S/C22H22Br2FNO5/c1-3-30-21(28)13-26(19-10-9-17(24)12-18(19)25)22(29)16-7-4-15(5-8-16)6-11-20(27)31-14(2)23/h4-5,7-10,12,14H,3,6,11,13H2,1-2H3. The Hall–Kier alpha value is -2.26. The smallest absolute Gasteiger partial charge is 0.326 e. The van der Waals surface area contributed by atoms with Crippen molar-refractivity contribution in [2.75, 3.05) is 18.1 Å². The van der Waals surface area contributed by atoms with Crippen molar-refractivity contribution in [3.63, 3.8) is 0 Å². The molecule has 2 aromatic rings. The van der Waals surface area contributed by atoms with Crippen molar-refractivity contribution >= 4 is 55.4 Å². The molecule has 0 aromatic heterocycles. The molecule has 0 aliphatic heterocycles. The second-order valence-electron chi connectivity index (χ2n) is 6.52. The van der Waals surface area contributed by atoms with E-state index in [1.54, 1.807) is 44.2 Å². The summed E-state index contributed by atoms with van der Waals surface area (Å²) in [5, 5.41) is -0.357. The van der Waals surface area contributed by atoms with E-state index in [2.05, 4.69) is 31.9 Å². The number of hydrogen-bond donors (Lipinski definition) is 0. The van der Waals surface area contributed by atoms with Gasteiger partial charge < -0.3 is 9.47 Å². The summed E-state index contributed by atoms with van der Waals surface area (Å²) in [7, 11) is 0. The van der Waals surface area contributed by atoms with Crippen LogP contribution >= 0.6 is 31.9 Å². The monoisotopic (exact) mass is 557 g/mol. The summed E-state index contributed by atoms with van der Waals surface area (Å²) < 4.78 is 25.0. The highest BCUT2D eigenvalue weighted by Gasteiger charge is 2.24. The van der Waals surface area contributed by atoms with Crippen LogP contribution in [-0.4, -0.2) is 36.0 Å². The van der Waals surface area contributed by atoms with Crippen molar-refractivity contribution in [1.29, 1.82) is 0 Å². The predicted molar refractivity (Wildman–Crippen MR) is 122 cm³/mol. The fourth-order valence-electron chi connectivity index (χ4n) is 2.76. The zero-order valence-electron chi connectivity index (χ0n) is 17.1. The van der Waals surface area contributed by atoms with Gasteiger partial charge in [-0.2, -0.15) is 0 Å². The summed E-state index contributed by atoms with van der Waals surface area (Å²) in [6.07, 6.45) is 0.642. The van der Waals surface area contributed by atoms with Crippen LogP contribution in [0.2, 0.25) is 0 Å². The number of halogens is 3. The van der Waals surface area contributed by atoms with Gasteiger partial charge in [0.15, 0.2) is 5.01 Å². The van der Waals surface area contributed by atoms with Gasteiger partial charge in [-0.1, -0.05) is 28.1 Å². The fourth-order valence-corrected chi connectivity index (χ4v) is 3.30. The Bertz CT molecular complexity index is 934. The van der Waals surface area contributed by atoms with E-state index < -0.39 is 24.2 Å². The summed E-state index contributed by atoms with van der Waals surface area (Å²) in [6.45, 7) is 3.07. The molecule has 2 aromatic carbocycles. The van der Waals surface area contributed by atoms with Crippen molar-refractivity contribution in [1.82, 2.24) is 0 Å². The van der Waals surface area contributed by atoms with E-state index in [0.29, 0.717) is 10.9 Å². The molecule has 1 amide bonds. The Morgan fingerprint density at radius 3 is 2.35 bits per heavy atom. The van der Waals surface area contributed by atoms with Crippen molar-refractivity contribution < 1.29 is 28.2 Å². The highest BCUT2D eigenvalue weighted by atomic mass is 79.9. The highest BCUT2D eigenvalue weighted by Crippen LogP contribution is 2.25. The Balaban J connectivity index is 2.19. The molecule has 2 rings (SSSR count). The van der Waals surface area contributed by atoms with Gasteiger partial charge in [-0.05, 0) is 72.1 Å². The fraction of sp³-hybridized carbons (Fsp3) is 0.318. The Kier molecular flexibility index (Phi) is 9.64. The molecule has 6 nitrogen and oxygen atoms in total. The number of anilines is 1. The van der Waals surface area contributed by atoms with Crippen LogP contribution in [0, 0.1) is 5.82 Å². The molecule has 0 fully saturated rings. The first-order valence-corrected chi connectivity index (χ1v) is 11.3. The Morgan fingerprint density at radius 1 is 1.10 bits per heavy atom. The highest BCUT2D eigenvalue weighted by molar-refractivity contribution is 9.10. The molecule has 0 heterocycles. The average molecular weight is 559 g/mol. The number of nitrogens with zero attached hydrogens (tertiary/aromatic N) is 1. The van der Waals surface area contributed by atoms with Crippen LogP contribution < -0.4 is 4.90 Å². The minimum absolute atomic E-state index is 0.0306. The van der Waals surface area contributed by atoms with Gasteiger partial charge in [-0.15, -0.1) is 0 Å². The maximum atomic E-state index is 14.5. The van der Waals surface area contributed by atoms with Gasteiger partial charge in [-0.3, -0.25) is 19.3 Å². The Labute approximate surface area is 197 Å². The van der Waals surface area contributed by atoms with Crippen LogP contribution in [0.4, 0.5) is 10.1 Å². The molecular weight excluding hydrogens is 537 g/mol. The van der Waals surface area contributed by atoms with Gasteiger partial charge in [0.05, 0.1) is 12.3 Å². The first kappa shape index (κ1) is 25.0. The molecule has 0 radical (unpaired) electrons. The lowest BCUT2D eigenvalue weighted by molar-refractivity contribution is -0.144. The quantitative estimate of drug-likeness (QED) is 0.319. The Morgan fingerprint density at radius 2 is 1.77 bits per heavy atom. The van der Waals surface area contributed by atoms with Crippen LogP contribution in [0.15, 0.2) is 46.9 Å². The number of alkyl halides is 1. The number of ether oxygens (including phenoxy) is 2. The summed E-state index contributed by atoms with van der Waals surface area (Å²) in [6, 6.07) is 10.8. The summed E-state index contributed by atoms with van der Waals surface area (Å²) in [4.78, 5) is 37.8. The summed E-state index contributed by atoms with van der Waals surface area (Å²) >= 11 is 6.33. The molecule has 0 bridgehead atoms. The number of esters is 2. The number of amides is 1. The first-order chi connectivity index (χ1) is 14.7. The van der Waals surface area contributed by atoms with Crippen molar-refractivity contribution in [3.05, 3.63) is 63.9 Å². The van der Waals surface area contributed by atoms with Gasteiger partial charge in [0.2, 0.25) is 0 Å². The van der Waals surface area contributed by atoms with Gasteiger partial charge in [0.1, 0.15) is 12.4 Å². The maximum absolute atomic E-state index is 14.5. The van der Waals surface area contributed by atoms with Crippen LogP contribution in [0.3, 0.4) is 0 Å². The van der Waals surface area contributed by atoms with Crippen molar-refractivity contribution in [2.45, 2.75) is 31.7 Å². The van der Waals surface area contributed by atoms with E-state index in [-0.39, 0.29) is 35.3 Å². The van der Waals surface area contributed by atoms with E-state index >= 15 is 0 Å². The van der Waals surface area contributed by atoms with Gasteiger partial charge in [0.25, 0.3) is 5.91 Å². The molecular formula is C22H22Br2FNO5. The lowest BCUT2D eigenvalue weighted by Gasteiger charge is -2.22. The van der Waals surface area contributed by atoms with E-state index in [0.717, 1.165) is 10.5 Å². The van der Waals surface area contributed by atoms with Crippen LogP contribution in [0.5, 0.6) is 0 Å². The average Bonchev–Trinajstić information content (AvgIpc) is 2.70. The molecule has 1 unspecified atom stereocenters. The molecule has 0 saturated heterocycles. The summed E-state index contributed by atoms with van der Waals surface area (Å²) in [5.74, 6) is -2.18. The third-order valence-corrected chi connectivity index (χ3v) is 4.83. The molecule has 0 aliphatic rings. The van der Waals surface area contributed by atoms with Crippen LogP contribution in [-0.2, 0) is 25.5 Å². The molecule has 0 spiro atoms. The second kappa shape index (κ2) is 12.0. The van der Waals surface area contributed by atoms with E-state index in [4.69, 9.17) is 9.47 Å². The molecule has 1 atom stereocenters. The minimum atomic E-state index is -0.650. The number of carbonyl (C=O) groups is 3.